The van der Waals surface area contributed by atoms with Crippen LogP contribution >= 0.6 is 11.3 Å². The van der Waals surface area contributed by atoms with Crippen LogP contribution in [0.3, 0.4) is 0 Å². The lowest BCUT2D eigenvalue weighted by Gasteiger charge is -2.22. The third-order valence-electron chi connectivity index (χ3n) is 6.94. The van der Waals surface area contributed by atoms with Crippen LogP contribution in [0, 0.1) is 24.0 Å². The Bertz CT molecular complexity index is 1780. The fraction of sp³-hybridized carbons (Fsp3) is 0.161. The first-order valence-corrected chi connectivity index (χ1v) is 13.7. The van der Waals surface area contributed by atoms with Gasteiger partial charge in [-0.25, -0.2) is 4.98 Å². The molecule has 1 aliphatic rings. The van der Waals surface area contributed by atoms with Crippen LogP contribution in [0.15, 0.2) is 78.4 Å². The molecule has 212 valence electrons. The van der Waals surface area contributed by atoms with Crippen molar-refractivity contribution in [2.75, 3.05) is 4.90 Å². The number of aromatic nitrogens is 1. The molecule has 1 saturated heterocycles. The number of anilines is 1. The van der Waals surface area contributed by atoms with Gasteiger partial charge < -0.3 is 9.84 Å². The van der Waals surface area contributed by atoms with Gasteiger partial charge in [0.05, 0.1) is 27.1 Å². The lowest BCUT2D eigenvalue weighted by Crippen LogP contribution is -2.29. The number of Topliss-reactive ketones (excluding diaryl/α,β-unsaturated/α-hetero) is 2. The Morgan fingerprint density at radius 3 is 2.43 bits per heavy atom. The molecule has 2 heterocycles. The number of hydrogen-bond acceptors (Lipinski definition) is 9. The number of carbonyl (C=O) groups is 3. The maximum Gasteiger partial charge on any atom is 0.301 e. The summed E-state index contributed by atoms with van der Waals surface area (Å²) in [5, 5.41) is 23.0. The Morgan fingerprint density at radius 2 is 1.79 bits per heavy atom. The molecular formula is C31H25N3O7S. The Balaban J connectivity index is 1.57. The highest BCUT2D eigenvalue weighted by atomic mass is 32.1. The number of rotatable bonds is 8. The van der Waals surface area contributed by atoms with Crippen molar-refractivity contribution >= 4 is 45.4 Å². The number of ketones is 2. The number of aryl methyl sites for hydroxylation is 2. The number of hydrogen-bond donors (Lipinski definition) is 1. The predicted molar refractivity (Wildman–Crippen MR) is 157 cm³/mol. The molecule has 1 aliphatic heterocycles. The molecule has 0 saturated carbocycles. The van der Waals surface area contributed by atoms with E-state index in [1.165, 1.54) is 31.2 Å². The van der Waals surface area contributed by atoms with Gasteiger partial charge in [0.2, 0.25) is 0 Å². The van der Waals surface area contributed by atoms with Crippen LogP contribution in [0.5, 0.6) is 5.75 Å². The molecule has 3 aromatic carbocycles. The number of nitrogens with zero attached hydrogens (tertiary/aromatic N) is 3. The van der Waals surface area contributed by atoms with Crippen molar-refractivity contribution in [3.63, 3.8) is 0 Å². The molecule has 10 nitrogen and oxygen atoms in total. The van der Waals surface area contributed by atoms with Crippen LogP contribution in [0.2, 0.25) is 0 Å². The summed E-state index contributed by atoms with van der Waals surface area (Å²) >= 11 is 0.933. The van der Waals surface area contributed by atoms with E-state index in [0.29, 0.717) is 22.9 Å². The monoisotopic (exact) mass is 583 g/mol. The van der Waals surface area contributed by atoms with E-state index < -0.39 is 28.4 Å². The molecule has 1 amide bonds. The summed E-state index contributed by atoms with van der Waals surface area (Å²) in [6.07, 6.45) is 0. The van der Waals surface area contributed by atoms with Crippen molar-refractivity contribution in [2.24, 2.45) is 0 Å². The van der Waals surface area contributed by atoms with E-state index in [-0.39, 0.29) is 33.3 Å². The maximum atomic E-state index is 13.4. The highest BCUT2D eigenvalue weighted by Crippen LogP contribution is 2.44. The van der Waals surface area contributed by atoms with Gasteiger partial charge in [-0.1, -0.05) is 47.7 Å². The molecule has 1 atom stereocenters. The molecule has 1 fully saturated rings. The van der Waals surface area contributed by atoms with Gasteiger partial charge in [-0.15, -0.1) is 0 Å². The fourth-order valence-corrected chi connectivity index (χ4v) is 5.75. The average molecular weight is 584 g/mol. The van der Waals surface area contributed by atoms with E-state index in [0.717, 1.165) is 27.4 Å². The zero-order valence-electron chi connectivity index (χ0n) is 22.9. The third-order valence-corrected chi connectivity index (χ3v) is 8.19. The number of ether oxygens (including phenoxy) is 1. The van der Waals surface area contributed by atoms with Crippen molar-refractivity contribution in [1.29, 1.82) is 0 Å². The number of non-ortho nitro benzene ring substituents is 1. The molecule has 0 aliphatic carbocycles. The second-order valence-corrected chi connectivity index (χ2v) is 10.7. The van der Waals surface area contributed by atoms with E-state index in [9.17, 15) is 29.6 Å². The fourth-order valence-electron chi connectivity index (χ4n) is 4.76. The van der Waals surface area contributed by atoms with Crippen molar-refractivity contribution in [2.45, 2.75) is 33.4 Å². The smallest absolute Gasteiger partial charge is 0.301 e. The molecular weight excluding hydrogens is 558 g/mol. The summed E-state index contributed by atoms with van der Waals surface area (Å²) in [7, 11) is 0. The van der Waals surface area contributed by atoms with Gasteiger partial charge in [-0.05, 0) is 54.8 Å². The molecule has 0 radical (unpaired) electrons. The standard InChI is InChI=1S/C31H25N3O7S/c1-17-7-4-5-8-22(17)16-41-24-13-11-20(12-14-24)27(36)25-26(21-9-6-10-23(15-21)34(39)40)33(30(38)28(25)37)31-32-18(2)29(42-31)19(3)35/h4-15,26,36H,16H2,1-3H3. The lowest BCUT2D eigenvalue weighted by molar-refractivity contribution is -0.384. The second-order valence-electron chi connectivity index (χ2n) is 9.73. The summed E-state index contributed by atoms with van der Waals surface area (Å²) in [4.78, 5) is 55.6. The predicted octanol–water partition coefficient (Wildman–Crippen LogP) is 6.08. The minimum absolute atomic E-state index is 0.0651. The SMILES string of the molecule is CC(=O)c1sc(N2C(=O)C(=O)C(=C(O)c3ccc(OCc4ccccc4C)cc3)C2c2cccc([N+](=O)[O-])c2)nc1C. The largest absolute Gasteiger partial charge is 0.507 e. The number of aliphatic hydroxyl groups excluding tert-OH is 1. The van der Waals surface area contributed by atoms with Crippen LogP contribution in [-0.2, 0) is 16.2 Å². The van der Waals surface area contributed by atoms with Crippen LogP contribution < -0.4 is 9.64 Å². The van der Waals surface area contributed by atoms with Gasteiger partial charge >= 0.3 is 5.91 Å². The van der Waals surface area contributed by atoms with Crippen molar-refractivity contribution in [1.82, 2.24) is 4.98 Å². The lowest BCUT2D eigenvalue weighted by atomic mass is 9.95. The van der Waals surface area contributed by atoms with E-state index in [2.05, 4.69) is 4.98 Å². The summed E-state index contributed by atoms with van der Waals surface area (Å²) < 4.78 is 5.88. The van der Waals surface area contributed by atoms with E-state index in [1.54, 1.807) is 31.2 Å². The Hall–Kier alpha value is -5.16. The zero-order chi connectivity index (χ0) is 30.1. The molecule has 1 aromatic heterocycles. The molecule has 0 spiro atoms. The highest BCUT2D eigenvalue weighted by Gasteiger charge is 2.48. The van der Waals surface area contributed by atoms with Gasteiger partial charge in [0.15, 0.2) is 10.9 Å². The molecule has 0 bridgehead atoms. The average Bonchev–Trinajstić information content (AvgIpc) is 3.49. The third kappa shape index (κ3) is 5.29. The summed E-state index contributed by atoms with van der Waals surface area (Å²) in [5.41, 5.74) is 2.44. The van der Waals surface area contributed by atoms with Gasteiger partial charge in [0.25, 0.3) is 11.5 Å². The Labute approximate surface area is 244 Å². The number of carbonyl (C=O) groups excluding carboxylic acids is 3. The minimum atomic E-state index is -1.23. The molecule has 1 unspecified atom stereocenters. The topological polar surface area (TPSA) is 140 Å². The first kappa shape index (κ1) is 28.4. The number of benzene rings is 3. The normalized spacial score (nSPS) is 16.1. The molecule has 42 heavy (non-hydrogen) atoms. The molecule has 5 rings (SSSR count). The second kappa shape index (κ2) is 11.4. The van der Waals surface area contributed by atoms with Gasteiger partial charge in [0, 0.05) is 24.6 Å². The summed E-state index contributed by atoms with van der Waals surface area (Å²) in [6, 6.07) is 18.5. The van der Waals surface area contributed by atoms with Crippen molar-refractivity contribution < 1.29 is 29.2 Å². The van der Waals surface area contributed by atoms with Crippen LogP contribution in [-0.4, -0.2) is 32.5 Å². The number of aliphatic hydroxyl groups is 1. The summed E-state index contributed by atoms with van der Waals surface area (Å²) in [6.45, 7) is 5.30. The Morgan fingerprint density at radius 1 is 1.07 bits per heavy atom. The Kier molecular flexibility index (Phi) is 7.68. The summed E-state index contributed by atoms with van der Waals surface area (Å²) in [5.74, 6) is -2.15. The minimum Gasteiger partial charge on any atom is -0.507 e. The maximum absolute atomic E-state index is 13.4. The number of nitro groups is 1. The van der Waals surface area contributed by atoms with Crippen LogP contribution in [0.25, 0.3) is 5.76 Å². The first-order valence-electron chi connectivity index (χ1n) is 12.9. The van der Waals surface area contributed by atoms with Gasteiger partial charge in [-0.3, -0.25) is 29.4 Å². The van der Waals surface area contributed by atoms with Crippen LogP contribution in [0.4, 0.5) is 10.8 Å². The van der Waals surface area contributed by atoms with E-state index in [1.807, 2.05) is 31.2 Å². The van der Waals surface area contributed by atoms with Crippen molar-refractivity contribution in [3.05, 3.63) is 121 Å². The van der Waals surface area contributed by atoms with E-state index in [4.69, 9.17) is 4.74 Å². The number of amides is 1. The number of nitro benzene ring substituents is 1. The van der Waals surface area contributed by atoms with E-state index >= 15 is 0 Å². The van der Waals surface area contributed by atoms with Crippen molar-refractivity contribution in [3.8, 4) is 5.75 Å². The quantitative estimate of drug-likeness (QED) is 0.0658. The number of thiazole rings is 1. The molecule has 11 heteroatoms. The highest BCUT2D eigenvalue weighted by molar-refractivity contribution is 7.18. The van der Waals surface area contributed by atoms with Gasteiger partial charge in [-0.2, -0.15) is 0 Å². The molecule has 1 N–H and O–H groups in total. The van der Waals surface area contributed by atoms with Gasteiger partial charge in [0.1, 0.15) is 18.1 Å². The van der Waals surface area contributed by atoms with Crippen LogP contribution in [0.1, 0.15) is 50.6 Å². The zero-order valence-corrected chi connectivity index (χ0v) is 23.7. The first-order chi connectivity index (χ1) is 20.1. The molecule has 4 aromatic rings.